The van der Waals surface area contributed by atoms with Crippen LogP contribution in [0.3, 0.4) is 0 Å². The molecule has 0 bridgehead atoms. The second-order valence-electron chi connectivity index (χ2n) is 1.99. The summed E-state index contributed by atoms with van der Waals surface area (Å²) in [4.78, 5) is 10.1. The second kappa shape index (κ2) is 3.94. The maximum atomic E-state index is 10.1. The van der Waals surface area contributed by atoms with Gasteiger partial charge in [0.1, 0.15) is 6.04 Å². The fourth-order valence-electron chi connectivity index (χ4n) is 0.895. The summed E-state index contributed by atoms with van der Waals surface area (Å²) in [5.74, 6) is -0.720. The molecule has 48 valence electrons. The summed E-state index contributed by atoms with van der Waals surface area (Å²) in [5.41, 5.74) is 0. The summed E-state index contributed by atoms with van der Waals surface area (Å²) in [6, 6.07) is -0.269. The molecule has 0 amide bonds. The minimum Gasteiger partial charge on any atom is -1.00 e. The van der Waals surface area contributed by atoms with Crippen molar-refractivity contribution in [1.29, 1.82) is 0 Å². The van der Waals surface area contributed by atoms with Crippen molar-refractivity contribution in [3.8, 4) is 0 Å². The molecule has 4 heteroatoms. The van der Waals surface area contributed by atoms with E-state index in [1.807, 2.05) is 0 Å². The predicted octanol–water partition coefficient (Wildman–Crippen LogP) is -3.06. The average Bonchev–Trinajstić information content (AvgIpc) is 2.12. The predicted molar refractivity (Wildman–Crippen MR) is 29.8 cm³/mol. The Hall–Kier alpha value is 0.0274. The first-order chi connectivity index (χ1) is 3.80. The van der Waals surface area contributed by atoms with Gasteiger partial charge < -0.3 is 11.8 Å². The molecule has 0 aromatic heterocycles. The summed E-state index contributed by atoms with van der Waals surface area (Å²) in [7, 11) is 0. The Morgan fingerprint density at radius 2 is 2.44 bits per heavy atom. The number of carboxylic acid groups (broad SMARTS) is 1. The van der Waals surface area contributed by atoms with E-state index in [-0.39, 0.29) is 26.3 Å². The number of rotatable bonds is 1. The molecule has 9 heavy (non-hydrogen) atoms. The van der Waals surface area contributed by atoms with Crippen LogP contribution in [0.25, 0.3) is 0 Å². The molecule has 1 atom stereocenters. The number of aliphatic carboxylic acids is 1. The number of nitrogens with one attached hydrogen (secondary N) is 1. The van der Waals surface area contributed by atoms with E-state index in [0.29, 0.717) is 0 Å². The van der Waals surface area contributed by atoms with Crippen LogP contribution in [0.4, 0.5) is 0 Å². The zero-order valence-electron chi connectivity index (χ0n) is 6.55. The Balaban J connectivity index is 0. The Bertz CT molecular complexity index is 106. The van der Waals surface area contributed by atoms with Crippen molar-refractivity contribution < 1.29 is 30.2 Å². The van der Waals surface area contributed by atoms with Gasteiger partial charge in [-0.25, -0.2) is 0 Å². The Kier molecular flexibility index (Phi) is 3.95. The standard InChI is InChI=1S/C5H9NO2.Li.H/c7-5(8)4-2-1-3-6-4;;/h4,6H,1-3H2,(H,7,8);;/q;+1;-1/t4-;;/m0../s1. The Morgan fingerprint density at radius 3 is 2.67 bits per heavy atom. The second-order valence-corrected chi connectivity index (χ2v) is 1.99. The van der Waals surface area contributed by atoms with Gasteiger partial charge in [0.25, 0.3) is 0 Å². The van der Waals surface area contributed by atoms with Crippen LogP contribution in [0, 0.1) is 0 Å². The van der Waals surface area contributed by atoms with Gasteiger partial charge in [-0.2, -0.15) is 0 Å². The molecule has 1 saturated heterocycles. The summed E-state index contributed by atoms with van der Waals surface area (Å²) in [6.07, 6.45) is 1.78. The van der Waals surface area contributed by atoms with Crippen molar-refractivity contribution in [2.75, 3.05) is 6.54 Å². The van der Waals surface area contributed by atoms with Crippen LogP contribution in [0.1, 0.15) is 14.3 Å². The molecule has 1 heterocycles. The van der Waals surface area contributed by atoms with Crippen molar-refractivity contribution in [2.24, 2.45) is 0 Å². The van der Waals surface area contributed by atoms with Crippen LogP contribution in [-0.4, -0.2) is 23.7 Å². The first-order valence-electron chi connectivity index (χ1n) is 2.77. The van der Waals surface area contributed by atoms with Gasteiger partial charge in [0, 0.05) is 0 Å². The van der Waals surface area contributed by atoms with Gasteiger partial charge in [0.05, 0.1) is 0 Å². The van der Waals surface area contributed by atoms with Crippen LogP contribution in [0.5, 0.6) is 0 Å². The molecule has 0 radical (unpaired) electrons. The molecule has 2 N–H and O–H groups in total. The quantitative estimate of drug-likeness (QED) is 0.364. The van der Waals surface area contributed by atoms with E-state index in [0.717, 1.165) is 19.4 Å². The fourth-order valence-corrected chi connectivity index (χ4v) is 0.895. The molecule has 1 fully saturated rings. The Morgan fingerprint density at radius 1 is 1.78 bits per heavy atom. The van der Waals surface area contributed by atoms with Crippen molar-refractivity contribution in [2.45, 2.75) is 18.9 Å². The average molecular weight is 123 g/mol. The summed E-state index contributed by atoms with van der Waals surface area (Å²) in [5, 5.41) is 11.2. The van der Waals surface area contributed by atoms with E-state index in [1.165, 1.54) is 0 Å². The van der Waals surface area contributed by atoms with Crippen LogP contribution in [-0.2, 0) is 4.79 Å². The van der Waals surface area contributed by atoms with Crippen LogP contribution in [0.15, 0.2) is 0 Å². The van der Waals surface area contributed by atoms with Crippen LogP contribution in [0.2, 0.25) is 0 Å². The fraction of sp³-hybridized carbons (Fsp3) is 0.800. The van der Waals surface area contributed by atoms with E-state index in [4.69, 9.17) is 5.11 Å². The molecule has 0 aliphatic carbocycles. The largest absolute Gasteiger partial charge is 1.00 e. The number of carbonyl (C=O) groups is 1. The smallest absolute Gasteiger partial charge is 1.00 e. The maximum Gasteiger partial charge on any atom is 1.00 e. The molecule has 0 unspecified atom stereocenters. The SMILES string of the molecule is O=C(O)[C@@H]1CCCN1.[H-].[Li+]. The summed E-state index contributed by atoms with van der Waals surface area (Å²) < 4.78 is 0. The van der Waals surface area contributed by atoms with Gasteiger partial charge in [0.15, 0.2) is 0 Å². The molecule has 3 nitrogen and oxygen atoms in total. The van der Waals surface area contributed by atoms with Crippen molar-refractivity contribution in [3.05, 3.63) is 0 Å². The van der Waals surface area contributed by atoms with Gasteiger partial charge in [-0.1, -0.05) is 0 Å². The number of carboxylic acids is 1. The summed E-state index contributed by atoms with van der Waals surface area (Å²) in [6.45, 7) is 0.858. The zero-order valence-corrected chi connectivity index (χ0v) is 5.55. The molecule has 0 aromatic carbocycles. The van der Waals surface area contributed by atoms with Crippen LogP contribution < -0.4 is 24.2 Å². The molecule has 0 spiro atoms. The molecule has 1 aliphatic rings. The topological polar surface area (TPSA) is 49.3 Å². The third-order valence-electron chi connectivity index (χ3n) is 1.36. The molecule has 0 aromatic rings. The third kappa shape index (κ3) is 2.40. The van der Waals surface area contributed by atoms with E-state index < -0.39 is 5.97 Å². The first-order valence-corrected chi connectivity index (χ1v) is 2.77. The minimum atomic E-state index is -0.720. The van der Waals surface area contributed by atoms with Crippen molar-refractivity contribution >= 4 is 5.97 Å². The minimum absolute atomic E-state index is 0. The van der Waals surface area contributed by atoms with E-state index >= 15 is 0 Å². The number of hydrogen-bond donors (Lipinski definition) is 2. The monoisotopic (exact) mass is 123 g/mol. The zero-order chi connectivity index (χ0) is 5.98. The van der Waals surface area contributed by atoms with Crippen molar-refractivity contribution in [3.63, 3.8) is 0 Å². The normalized spacial score (nSPS) is 25.1. The third-order valence-corrected chi connectivity index (χ3v) is 1.36. The molecular weight excluding hydrogens is 113 g/mol. The van der Waals surface area contributed by atoms with Crippen LogP contribution >= 0.6 is 0 Å². The molecule has 1 rings (SSSR count). The summed E-state index contributed by atoms with van der Waals surface area (Å²) >= 11 is 0. The van der Waals surface area contributed by atoms with Gasteiger partial charge in [-0.05, 0) is 19.4 Å². The van der Waals surface area contributed by atoms with Gasteiger partial charge in [-0.3, -0.25) is 4.79 Å². The van der Waals surface area contributed by atoms with E-state index in [1.54, 1.807) is 0 Å². The van der Waals surface area contributed by atoms with Gasteiger partial charge in [0.2, 0.25) is 0 Å². The number of hydrogen-bond acceptors (Lipinski definition) is 2. The van der Waals surface area contributed by atoms with E-state index in [9.17, 15) is 4.79 Å². The molecular formula is C5H10LiNO2. The molecule has 0 saturated carbocycles. The maximum absolute atomic E-state index is 10.1. The molecule has 1 aliphatic heterocycles. The van der Waals surface area contributed by atoms with E-state index in [2.05, 4.69) is 5.32 Å². The van der Waals surface area contributed by atoms with Gasteiger partial charge >= 0.3 is 24.8 Å². The Labute approximate surface area is 67.5 Å². The van der Waals surface area contributed by atoms with Gasteiger partial charge in [-0.15, -0.1) is 0 Å². The first kappa shape index (κ1) is 9.03. The van der Waals surface area contributed by atoms with Crippen molar-refractivity contribution in [1.82, 2.24) is 5.32 Å².